The molecule has 0 radical (unpaired) electrons. The van der Waals surface area contributed by atoms with Crippen molar-refractivity contribution in [2.75, 3.05) is 27.2 Å². The predicted molar refractivity (Wildman–Crippen MR) is 107 cm³/mol. The minimum absolute atomic E-state index is 0. The summed E-state index contributed by atoms with van der Waals surface area (Å²) in [5, 5.41) is 0. The van der Waals surface area contributed by atoms with E-state index in [-0.39, 0.29) is 24.3 Å². The molecule has 0 fully saturated rings. The summed E-state index contributed by atoms with van der Waals surface area (Å²) in [6.07, 6.45) is 0. The summed E-state index contributed by atoms with van der Waals surface area (Å²) in [5.74, 6) is 1.39. The maximum absolute atomic E-state index is 12.3. The Morgan fingerprint density at radius 3 is 2.31 bits per heavy atom. The van der Waals surface area contributed by atoms with Gasteiger partial charge < -0.3 is 14.4 Å². The first kappa shape index (κ1) is 22.0. The minimum Gasteiger partial charge on any atom is -0.487 e. The van der Waals surface area contributed by atoms with Crippen molar-refractivity contribution in [3.63, 3.8) is 0 Å². The fourth-order valence-corrected chi connectivity index (χ4v) is 2.46. The van der Waals surface area contributed by atoms with E-state index in [4.69, 9.17) is 9.47 Å². The fourth-order valence-electron chi connectivity index (χ4n) is 2.46. The van der Waals surface area contributed by atoms with Gasteiger partial charge in [0.2, 0.25) is 0 Å². The number of esters is 1. The van der Waals surface area contributed by atoms with Gasteiger partial charge in [-0.3, -0.25) is 0 Å². The van der Waals surface area contributed by atoms with E-state index in [1.165, 1.54) is 4.90 Å². The largest absolute Gasteiger partial charge is 0.487 e. The second-order valence-corrected chi connectivity index (χ2v) is 6.87. The third-order valence-electron chi connectivity index (χ3n) is 4.00. The highest BCUT2D eigenvalue weighted by Gasteiger charge is 2.16. The molecule has 0 bridgehead atoms. The Balaban J connectivity index is 0.00000338. The second-order valence-electron chi connectivity index (χ2n) is 6.87. The molecule has 26 heavy (non-hydrogen) atoms. The zero-order valence-corrected chi connectivity index (χ0v) is 17.0. The summed E-state index contributed by atoms with van der Waals surface area (Å²) in [7, 11) is 4.20. The van der Waals surface area contributed by atoms with Gasteiger partial charge in [-0.1, -0.05) is 32.0 Å². The molecule has 142 valence electrons. The molecule has 0 saturated heterocycles. The first-order chi connectivity index (χ1) is 11.9. The summed E-state index contributed by atoms with van der Waals surface area (Å²) in [4.78, 5) is 13.7. The molecular formula is C21H29ClNO3+. The van der Waals surface area contributed by atoms with Crippen molar-refractivity contribution in [3.8, 4) is 11.5 Å². The third-order valence-corrected chi connectivity index (χ3v) is 4.00. The number of nitrogens with one attached hydrogen (secondary N) is 1. The van der Waals surface area contributed by atoms with E-state index in [1.807, 2.05) is 37.3 Å². The van der Waals surface area contributed by atoms with Gasteiger partial charge >= 0.3 is 5.97 Å². The number of aryl methyl sites for hydroxylation is 1. The van der Waals surface area contributed by atoms with E-state index in [2.05, 4.69) is 27.9 Å². The van der Waals surface area contributed by atoms with Crippen molar-refractivity contribution in [2.45, 2.75) is 26.7 Å². The average molecular weight is 379 g/mol. The van der Waals surface area contributed by atoms with Gasteiger partial charge in [0.25, 0.3) is 0 Å². The smallest absolute Gasteiger partial charge is 0.343 e. The van der Waals surface area contributed by atoms with Gasteiger partial charge in [-0.2, -0.15) is 0 Å². The molecule has 0 aliphatic heterocycles. The number of likely N-dealkylation sites (N-methyl/N-ethyl adjacent to an activating group) is 1. The molecule has 0 spiro atoms. The van der Waals surface area contributed by atoms with E-state index in [0.717, 1.165) is 23.4 Å². The summed E-state index contributed by atoms with van der Waals surface area (Å²) in [5.41, 5.74) is 2.48. The molecule has 5 heteroatoms. The van der Waals surface area contributed by atoms with Crippen LogP contribution in [0.2, 0.25) is 0 Å². The van der Waals surface area contributed by atoms with Gasteiger partial charge in [0.05, 0.1) is 19.7 Å². The normalized spacial score (nSPS) is 10.6. The molecule has 0 saturated carbocycles. The van der Waals surface area contributed by atoms with Crippen LogP contribution in [0.25, 0.3) is 0 Å². The Bertz CT molecular complexity index is 715. The monoisotopic (exact) mass is 378 g/mol. The van der Waals surface area contributed by atoms with Crippen LogP contribution in [0.5, 0.6) is 11.5 Å². The molecule has 2 rings (SSSR count). The van der Waals surface area contributed by atoms with Crippen LogP contribution in [0.3, 0.4) is 0 Å². The Morgan fingerprint density at radius 2 is 1.73 bits per heavy atom. The van der Waals surface area contributed by atoms with E-state index < -0.39 is 0 Å². The maximum Gasteiger partial charge on any atom is 0.343 e. The predicted octanol–water partition coefficient (Wildman–Crippen LogP) is 3.28. The second kappa shape index (κ2) is 10.2. The van der Waals surface area contributed by atoms with Crippen molar-refractivity contribution >= 4 is 18.4 Å². The molecule has 0 unspecified atom stereocenters. The summed E-state index contributed by atoms with van der Waals surface area (Å²) in [6, 6.07) is 12.9. The third kappa shape index (κ3) is 6.04. The number of carbonyl (C=O) groups excluding carboxylic acids is 1. The highest BCUT2D eigenvalue weighted by atomic mass is 35.5. The average Bonchev–Trinajstić information content (AvgIpc) is 2.57. The van der Waals surface area contributed by atoms with E-state index in [0.29, 0.717) is 17.9 Å². The van der Waals surface area contributed by atoms with Crippen molar-refractivity contribution in [2.24, 2.45) is 0 Å². The lowest BCUT2D eigenvalue weighted by Gasteiger charge is -2.18. The highest BCUT2D eigenvalue weighted by molar-refractivity contribution is 5.91. The standard InChI is InChI=1S/C21H27NO3.ClH/c1-15(2)18-14-19(25-21(23)17-9-7-6-8-10-17)16(3)13-20(18)24-12-11-22(4)5;/h6-10,13-15H,11-12H2,1-5H3;1H/p+1. The molecule has 0 heterocycles. The van der Waals surface area contributed by atoms with E-state index in [9.17, 15) is 4.79 Å². The molecular weight excluding hydrogens is 350 g/mol. The maximum atomic E-state index is 12.3. The van der Waals surface area contributed by atoms with Crippen LogP contribution in [0.4, 0.5) is 0 Å². The van der Waals surface area contributed by atoms with Crippen LogP contribution in [-0.4, -0.2) is 33.2 Å². The molecule has 4 nitrogen and oxygen atoms in total. The molecule has 1 N–H and O–H groups in total. The Kier molecular flexibility index (Phi) is 8.62. The summed E-state index contributed by atoms with van der Waals surface area (Å²) >= 11 is 0. The number of quaternary nitrogens is 1. The minimum atomic E-state index is -0.344. The van der Waals surface area contributed by atoms with Gasteiger partial charge in [-0.15, -0.1) is 12.4 Å². The number of hydrogen-bond acceptors (Lipinski definition) is 3. The Morgan fingerprint density at radius 1 is 1.08 bits per heavy atom. The van der Waals surface area contributed by atoms with Gasteiger partial charge in [0, 0.05) is 5.56 Å². The van der Waals surface area contributed by atoms with E-state index in [1.54, 1.807) is 12.1 Å². The van der Waals surface area contributed by atoms with E-state index >= 15 is 0 Å². The molecule has 0 atom stereocenters. The number of ether oxygens (including phenoxy) is 2. The lowest BCUT2D eigenvalue weighted by Crippen LogP contribution is -3.06. The molecule has 2 aromatic carbocycles. The van der Waals surface area contributed by atoms with Crippen molar-refractivity contribution in [1.82, 2.24) is 0 Å². The fraction of sp³-hybridized carbons (Fsp3) is 0.381. The Labute approximate surface area is 162 Å². The van der Waals surface area contributed by atoms with Gasteiger partial charge in [-0.05, 0) is 42.7 Å². The molecule has 0 amide bonds. The zero-order chi connectivity index (χ0) is 18.4. The topological polar surface area (TPSA) is 40.0 Å². The number of halogens is 1. The lowest BCUT2D eigenvalue weighted by atomic mass is 9.99. The lowest BCUT2D eigenvalue weighted by molar-refractivity contribution is -0.858. The molecule has 0 aliphatic rings. The van der Waals surface area contributed by atoms with Gasteiger partial charge in [0.15, 0.2) is 0 Å². The van der Waals surface area contributed by atoms with Crippen molar-refractivity contribution < 1.29 is 19.2 Å². The van der Waals surface area contributed by atoms with Crippen LogP contribution >= 0.6 is 12.4 Å². The first-order valence-electron chi connectivity index (χ1n) is 8.72. The SMILES string of the molecule is Cc1cc(OCC[NH+](C)C)c(C(C)C)cc1OC(=O)c1ccccc1.Cl. The van der Waals surface area contributed by atoms with Crippen LogP contribution in [0.1, 0.15) is 41.3 Å². The number of hydrogen-bond donors (Lipinski definition) is 1. The summed E-state index contributed by atoms with van der Waals surface area (Å²) < 4.78 is 11.6. The number of benzene rings is 2. The van der Waals surface area contributed by atoms with Crippen LogP contribution in [0.15, 0.2) is 42.5 Å². The van der Waals surface area contributed by atoms with Crippen molar-refractivity contribution in [3.05, 3.63) is 59.2 Å². The number of rotatable bonds is 7. The quantitative estimate of drug-likeness (QED) is 0.593. The highest BCUT2D eigenvalue weighted by Crippen LogP contribution is 2.33. The van der Waals surface area contributed by atoms with Crippen molar-refractivity contribution in [1.29, 1.82) is 0 Å². The van der Waals surface area contributed by atoms with Crippen LogP contribution in [-0.2, 0) is 0 Å². The van der Waals surface area contributed by atoms with Crippen LogP contribution in [0, 0.1) is 6.92 Å². The molecule has 2 aromatic rings. The first-order valence-corrected chi connectivity index (χ1v) is 8.72. The summed E-state index contributed by atoms with van der Waals surface area (Å²) in [6.45, 7) is 7.74. The van der Waals surface area contributed by atoms with Gasteiger partial charge in [0.1, 0.15) is 24.7 Å². The van der Waals surface area contributed by atoms with Crippen LogP contribution < -0.4 is 14.4 Å². The van der Waals surface area contributed by atoms with Gasteiger partial charge in [-0.25, -0.2) is 4.79 Å². The zero-order valence-electron chi connectivity index (χ0n) is 16.2. The Hall–Kier alpha value is -2.04. The number of carbonyl (C=O) groups is 1. The molecule has 0 aliphatic carbocycles. The molecule has 0 aromatic heterocycles.